The fraction of sp³-hybridized carbons (Fsp3) is 0.500. The summed E-state index contributed by atoms with van der Waals surface area (Å²) in [6.07, 6.45) is 6.27. The van der Waals surface area contributed by atoms with Crippen LogP contribution in [0.5, 0.6) is 0 Å². The molecule has 0 saturated carbocycles. The quantitative estimate of drug-likeness (QED) is 0.557. The Morgan fingerprint density at radius 2 is 2.06 bits per heavy atom. The first kappa shape index (κ1) is 10.8. The minimum absolute atomic E-state index is 0.0655. The Bertz CT molecular complexity index is 375. The number of rotatable bonds is 2. The normalized spacial score (nSPS) is 15.9. The van der Waals surface area contributed by atoms with E-state index in [1.54, 1.807) is 0 Å². The van der Waals surface area contributed by atoms with Crippen molar-refractivity contribution in [3.63, 3.8) is 0 Å². The fourth-order valence-electron chi connectivity index (χ4n) is 1.80. The van der Waals surface area contributed by atoms with Crippen molar-refractivity contribution in [3.8, 4) is 0 Å². The minimum Gasteiger partial charge on any atom is -0.337 e. The van der Waals surface area contributed by atoms with Gasteiger partial charge in [0.2, 0.25) is 0 Å². The molecule has 1 aliphatic rings. The summed E-state index contributed by atoms with van der Waals surface area (Å²) in [5.74, 6) is 5.56. The van der Waals surface area contributed by atoms with Gasteiger partial charge >= 0.3 is 0 Å². The number of nitrogen functional groups attached to an aromatic ring is 1. The zero-order valence-corrected chi connectivity index (χ0v) is 9.02. The van der Waals surface area contributed by atoms with E-state index >= 15 is 0 Å². The number of piperidine rings is 1. The lowest BCUT2D eigenvalue weighted by Crippen LogP contribution is -2.36. The Kier molecular flexibility index (Phi) is 3.31. The van der Waals surface area contributed by atoms with E-state index in [0.717, 1.165) is 25.9 Å². The van der Waals surface area contributed by atoms with Gasteiger partial charge in [-0.25, -0.2) is 10.8 Å². The maximum atomic E-state index is 12.0. The highest BCUT2D eigenvalue weighted by molar-refractivity contribution is 5.92. The summed E-state index contributed by atoms with van der Waals surface area (Å²) in [5.41, 5.74) is 2.73. The summed E-state index contributed by atoms with van der Waals surface area (Å²) in [5, 5.41) is 0. The van der Waals surface area contributed by atoms with Crippen molar-refractivity contribution in [2.24, 2.45) is 5.84 Å². The van der Waals surface area contributed by atoms with Crippen molar-refractivity contribution in [1.29, 1.82) is 0 Å². The van der Waals surface area contributed by atoms with Crippen LogP contribution in [0.4, 0.5) is 5.82 Å². The van der Waals surface area contributed by atoms with Crippen molar-refractivity contribution >= 4 is 11.7 Å². The summed E-state index contributed by atoms with van der Waals surface area (Å²) in [6, 6.07) is 0. The van der Waals surface area contributed by atoms with E-state index < -0.39 is 0 Å². The van der Waals surface area contributed by atoms with Crippen LogP contribution < -0.4 is 11.3 Å². The number of aromatic nitrogens is 2. The van der Waals surface area contributed by atoms with Gasteiger partial charge in [0.05, 0.1) is 12.4 Å². The Morgan fingerprint density at radius 1 is 1.31 bits per heavy atom. The predicted octanol–water partition coefficient (Wildman–Crippen LogP) is 0.388. The number of carbonyl (C=O) groups is 1. The third kappa shape index (κ3) is 2.27. The molecule has 0 atom stereocenters. The Labute approximate surface area is 93.8 Å². The average molecular weight is 221 g/mol. The van der Waals surface area contributed by atoms with E-state index in [1.807, 2.05) is 4.90 Å². The average Bonchev–Trinajstić information content (AvgIpc) is 2.39. The molecule has 6 heteroatoms. The second-order valence-corrected chi connectivity index (χ2v) is 3.79. The zero-order chi connectivity index (χ0) is 11.4. The number of hydrogen-bond donors (Lipinski definition) is 2. The monoisotopic (exact) mass is 221 g/mol. The number of nitrogens with zero attached hydrogens (tertiary/aromatic N) is 3. The number of likely N-dealkylation sites (tertiary alicyclic amines) is 1. The molecule has 0 aliphatic carbocycles. The number of hydrazine groups is 1. The minimum atomic E-state index is -0.0655. The largest absolute Gasteiger partial charge is 0.337 e. The molecule has 0 bridgehead atoms. The van der Waals surface area contributed by atoms with Gasteiger partial charge in [-0.05, 0) is 19.3 Å². The smallest absolute Gasteiger partial charge is 0.274 e. The summed E-state index contributed by atoms with van der Waals surface area (Å²) < 4.78 is 0. The summed E-state index contributed by atoms with van der Waals surface area (Å²) >= 11 is 0. The van der Waals surface area contributed by atoms with Crippen molar-refractivity contribution in [2.75, 3.05) is 18.5 Å². The van der Waals surface area contributed by atoms with Gasteiger partial charge in [0.1, 0.15) is 5.69 Å². The van der Waals surface area contributed by atoms with Gasteiger partial charge in [-0.3, -0.25) is 9.78 Å². The molecule has 2 rings (SSSR count). The Hall–Kier alpha value is -1.69. The van der Waals surface area contributed by atoms with Gasteiger partial charge in [-0.1, -0.05) is 0 Å². The molecule has 0 unspecified atom stereocenters. The zero-order valence-electron chi connectivity index (χ0n) is 9.02. The third-order valence-corrected chi connectivity index (χ3v) is 2.64. The molecule has 0 spiro atoms. The fourth-order valence-corrected chi connectivity index (χ4v) is 1.80. The molecule has 1 aromatic heterocycles. The molecule has 0 radical (unpaired) electrons. The summed E-state index contributed by atoms with van der Waals surface area (Å²) in [6.45, 7) is 1.61. The van der Waals surface area contributed by atoms with Crippen LogP contribution in [0, 0.1) is 0 Å². The number of hydrogen-bond acceptors (Lipinski definition) is 5. The van der Waals surface area contributed by atoms with Crippen LogP contribution in [0.2, 0.25) is 0 Å². The molecule has 16 heavy (non-hydrogen) atoms. The second-order valence-electron chi connectivity index (χ2n) is 3.79. The van der Waals surface area contributed by atoms with Gasteiger partial charge in [0.15, 0.2) is 5.82 Å². The first-order valence-electron chi connectivity index (χ1n) is 5.39. The topological polar surface area (TPSA) is 84.1 Å². The van der Waals surface area contributed by atoms with Crippen molar-refractivity contribution in [1.82, 2.24) is 14.9 Å². The first-order valence-corrected chi connectivity index (χ1v) is 5.39. The third-order valence-electron chi connectivity index (χ3n) is 2.64. The number of nitrogens with one attached hydrogen (secondary N) is 1. The number of nitrogens with two attached hydrogens (primary N) is 1. The molecule has 1 aliphatic heterocycles. The maximum Gasteiger partial charge on any atom is 0.274 e. The Morgan fingerprint density at radius 3 is 2.75 bits per heavy atom. The van der Waals surface area contributed by atoms with Crippen molar-refractivity contribution in [2.45, 2.75) is 19.3 Å². The molecule has 6 nitrogen and oxygen atoms in total. The van der Waals surface area contributed by atoms with Gasteiger partial charge in [-0.2, -0.15) is 0 Å². The van der Waals surface area contributed by atoms with E-state index in [1.165, 1.54) is 18.8 Å². The molecule has 2 heterocycles. The second kappa shape index (κ2) is 4.89. The predicted molar refractivity (Wildman–Crippen MR) is 59.6 cm³/mol. The molecule has 3 N–H and O–H groups in total. The van der Waals surface area contributed by atoms with Crippen LogP contribution in [-0.2, 0) is 0 Å². The summed E-state index contributed by atoms with van der Waals surface area (Å²) in [4.78, 5) is 21.8. The molecular formula is C10H15N5O. The van der Waals surface area contributed by atoms with Crippen LogP contribution in [0.25, 0.3) is 0 Å². The van der Waals surface area contributed by atoms with Crippen molar-refractivity contribution in [3.05, 3.63) is 18.1 Å². The highest BCUT2D eigenvalue weighted by Crippen LogP contribution is 2.12. The molecule has 0 aromatic carbocycles. The van der Waals surface area contributed by atoms with Crippen molar-refractivity contribution < 1.29 is 4.79 Å². The molecule has 86 valence electrons. The van der Waals surface area contributed by atoms with Crippen LogP contribution in [0.3, 0.4) is 0 Å². The molecular weight excluding hydrogens is 206 g/mol. The molecule has 1 saturated heterocycles. The number of amides is 1. The van der Waals surface area contributed by atoms with E-state index in [-0.39, 0.29) is 5.91 Å². The lowest BCUT2D eigenvalue weighted by molar-refractivity contribution is 0.0718. The number of anilines is 1. The van der Waals surface area contributed by atoms with Crippen LogP contribution >= 0.6 is 0 Å². The van der Waals surface area contributed by atoms with E-state index in [2.05, 4.69) is 15.4 Å². The number of carbonyl (C=O) groups excluding carboxylic acids is 1. The van der Waals surface area contributed by atoms with E-state index in [9.17, 15) is 4.79 Å². The van der Waals surface area contributed by atoms with Gasteiger partial charge in [0.25, 0.3) is 5.91 Å². The standard InChI is InChI=1S/C10H15N5O/c11-14-9-7-12-6-8(13-9)10(16)15-4-2-1-3-5-15/h6-7H,1-5,11H2,(H,13,14). The van der Waals surface area contributed by atoms with Crippen LogP contribution in [-0.4, -0.2) is 33.9 Å². The molecule has 1 amide bonds. The van der Waals surface area contributed by atoms with E-state index in [4.69, 9.17) is 5.84 Å². The lowest BCUT2D eigenvalue weighted by atomic mass is 10.1. The van der Waals surface area contributed by atoms with Gasteiger partial charge < -0.3 is 10.3 Å². The van der Waals surface area contributed by atoms with Crippen LogP contribution in [0.1, 0.15) is 29.8 Å². The highest BCUT2D eigenvalue weighted by Gasteiger charge is 2.19. The van der Waals surface area contributed by atoms with Gasteiger partial charge in [0, 0.05) is 13.1 Å². The first-order chi connectivity index (χ1) is 7.81. The summed E-state index contributed by atoms with van der Waals surface area (Å²) in [7, 11) is 0. The van der Waals surface area contributed by atoms with Gasteiger partial charge in [-0.15, -0.1) is 0 Å². The molecule has 1 fully saturated rings. The Balaban J connectivity index is 2.12. The SMILES string of the molecule is NNc1cncc(C(=O)N2CCCCC2)n1. The highest BCUT2D eigenvalue weighted by atomic mass is 16.2. The van der Waals surface area contributed by atoms with E-state index in [0.29, 0.717) is 11.5 Å². The molecule has 1 aromatic rings. The maximum absolute atomic E-state index is 12.0. The van der Waals surface area contributed by atoms with Crippen LogP contribution in [0.15, 0.2) is 12.4 Å². The lowest BCUT2D eigenvalue weighted by Gasteiger charge is -2.26.